The maximum Gasteiger partial charge on any atom is 0.265 e. The quantitative estimate of drug-likeness (QED) is 0.724. The molecule has 3 aromatic carbocycles. The molecule has 0 spiro atoms. The molecule has 0 amide bonds. The highest BCUT2D eigenvalue weighted by atomic mass is 32.2. The first-order valence-electron chi connectivity index (χ1n) is 7.79. The maximum atomic E-state index is 12.8. The summed E-state index contributed by atoms with van der Waals surface area (Å²) in [5.74, 6) is 0.603. The molecule has 25 heavy (non-hydrogen) atoms. The van der Waals surface area contributed by atoms with Gasteiger partial charge in [0.1, 0.15) is 12.4 Å². The Bertz CT molecular complexity index is 1090. The van der Waals surface area contributed by atoms with Gasteiger partial charge in [-0.05, 0) is 41.8 Å². The number of benzene rings is 3. The summed E-state index contributed by atoms with van der Waals surface area (Å²) >= 11 is 0. The molecule has 0 N–H and O–H groups in total. The van der Waals surface area contributed by atoms with Crippen LogP contribution < -0.4 is 9.04 Å². The summed E-state index contributed by atoms with van der Waals surface area (Å²) in [6.07, 6.45) is 0. The molecule has 0 saturated heterocycles. The molecule has 0 radical (unpaired) electrons. The second-order valence-electron chi connectivity index (χ2n) is 5.69. The lowest BCUT2D eigenvalue weighted by molar-refractivity contribution is 0.329. The molecule has 124 valence electrons. The zero-order valence-corrected chi connectivity index (χ0v) is 14.0. The fraction of sp³-hybridized carbons (Fsp3) is 0.105. The Labute approximate surface area is 145 Å². The third-order valence-corrected chi connectivity index (χ3v) is 6.08. The van der Waals surface area contributed by atoms with Crippen LogP contribution >= 0.6 is 0 Å². The highest BCUT2D eigenvalue weighted by Gasteiger charge is 2.35. The van der Waals surface area contributed by atoms with E-state index in [9.17, 15) is 8.42 Å². The number of rotatable bonds is 4. The highest BCUT2D eigenvalue weighted by molar-refractivity contribution is 7.93. The van der Waals surface area contributed by atoms with Crippen molar-refractivity contribution >= 4 is 26.5 Å². The van der Waals surface area contributed by atoms with Crippen LogP contribution in [0.5, 0.6) is 5.75 Å². The predicted octanol–water partition coefficient (Wildman–Crippen LogP) is 3.30. The van der Waals surface area contributed by atoms with Gasteiger partial charge in [-0.1, -0.05) is 24.3 Å². The Morgan fingerprint density at radius 1 is 1.00 bits per heavy atom. The molecule has 3 aromatic rings. The van der Waals surface area contributed by atoms with Crippen LogP contribution in [0.2, 0.25) is 0 Å². The van der Waals surface area contributed by atoms with Gasteiger partial charge in [0.15, 0.2) is 0 Å². The monoisotopic (exact) mass is 350 g/mol. The van der Waals surface area contributed by atoms with Crippen molar-refractivity contribution in [2.24, 2.45) is 0 Å². The molecule has 1 aliphatic rings. The minimum absolute atomic E-state index is 0.218. The Morgan fingerprint density at radius 2 is 1.72 bits per heavy atom. The van der Waals surface area contributed by atoms with Gasteiger partial charge >= 0.3 is 0 Å². The molecule has 0 atom stereocenters. The van der Waals surface area contributed by atoms with Crippen molar-refractivity contribution in [2.45, 2.75) is 4.90 Å². The highest BCUT2D eigenvalue weighted by Crippen LogP contribution is 2.41. The summed E-state index contributed by atoms with van der Waals surface area (Å²) in [5, 5.41) is 10.5. The summed E-state index contributed by atoms with van der Waals surface area (Å²) in [6, 6.07) is 19.7. The largest absolute Gasteiger partial charge is 0.492 e. The van der Waals surface area contributed by atoms with E-state index in [2.05, 4.69) is 0 Å². The molecule has 0 unspecified atom stereocenters. The minimum atomic E-state index is -3.55. The van der Waals surface area contributed by atoms with Crippen molar-refractivity contribution in [2.75, 3.05) is 17.5 Å². The van der Waals surface area contributed by atoms with E-state index in [0.29, 0.717) is 21.9 Å². The Morgan fingerprint density at radius 3 is 2.44 bits per heavy atom. The van der Waals surface area contributed by atoms with Gasteiger partial charge in [0, 0.05) is 5.39 Å². The van der Waals surface area contributed by atoms with Crippen LogP contribution in [-0.4, -0.2) is 21.6 Å². The van der Waals surface area contributed by atoms with Gasteiger partial charge in [-0.2, -0.15) is 5.26 Å². The van der Waals surface area contributed by atoms with E-state index in [1.54, 1.807) is 36.4 Å². The zero-order chi connectivity index (χ0) is 17.4. The summed E-state index contributed by atoms with van der Waals surface area (Å²) in [4.78, 5) is 0.346. The van der Waals surface area contributed by atoms with Crippen molar-refractivity contribution in [1.82, 2.24) is 0 Å². The van der Waals surface area contributed by atoms with Gasteiger partial charge in [0.25, 0.3) is 10.0 Å². The van der Waals surface area contributed by atoms with Gasteiger partial charge in [-0.25, -0.2) is 8.42 Å². The third kappa shape index (κ3) is 2.49. The van der Waals surface area contributed by atoms with Crippen LogP contribution in [0.1, 0.15) is 5.56 Å². The van der Waals surface area contributed by atoms with Crippen LogP contribution in [0, 0.1) is 11.3 Å². The number of nitrogens with zero attached hydrogens (tertiary/aromatic N) is 2. The van der Waals surface area contributed by atoms with E-state index in [1.807, 2.05) is 30.3 Å². The fourth-order valence-electron chi connectivity index (χ4n) is 3.07. The van der Waals surface area contributed by atoms with E-state index in [1.165, 1.54) is 4.31 Å². The molecular weight excluding hydrogens is 336 g/mol. The normalized spacial score (nSPS) is 14.4. The molecule has 1 aliphatic heterocycles. The Kier molecular flexibility index (Phi) is 3.59. The van der Waals surface area contributed by atoms with E-state index in [-0.39, 0.29) is 13.2 Å². The summed E-state index contributed by atoms with van der Waals surface area (Å²) in [7, 11) is -3.55. The van der Waals surface area contributed by atoms with Crippen LogP contribution in [0.15, 0.2) is 65.6 Å². The van der Waals surface area contributed by atoms with E-state index < -0.39 is 10.0 Å². The molecule has 1 heterocycles. The third-order valence-electron chi connectivity index (χ3n) is 4.23. The number of sulfonamides is 1. The van der Waals surface area contributed by atoms with Crippen LogP contribution in [0.25, 0.3) is 10.8 Å². The fourth-order valence-corrected chi connectivity index (χ4v) is 4.77. The predicted molar refractivity (Wildman–Crippen MR) is 95.1 cm³/mol. The second-order valence-corrected chi connectivity index (χ2v) is 7.52. The molecule has 0 aliphatic carbocycles. The van der Waals surface area contributed by atoms with E-state index in [4.69, 9.17) is 10.00 Å². The maximum absolute atomic E-state index is 12.8. The standard InChI is InChI=1S/C19H14N2O3S/c20-13-14-7-9-16(10-8-14)24-12-11-21-17-5-1-3-15-4-2-6-18(19(15)17)25(21,22)23/h1-10H,11-12H2. The smallest absolute Gasteiger partial charge is 0.265 e. The van der Waals surface area contributed by atoms with Gasteiger partial charge < -0.3 is 4.74 Å². The lowest BCUT2D eigenvalue weighted by Gasteiger charge is -2.19. The van der Waals surface area contributed by atoms with Crippen LogP contribution in [-0.2, 0) is 10.0 Å². The van der Waals surface area contributed by atoms with Crippen molar-refractivity contribution in [3.8, 4) is 11.8 Å². The Balaban J connectivity index is 1.57. The van der Waals surface area contributed by atoms with Gasteiger partial charge in [0.2, 0.25) is 0 Å². The first kappa shape index (κ1) is 15.5. The molecule has 0 bridgehead atoms. The SMILES string of the molecule is N#Cc1ccc(OCCN2c3cccc4cccc(c34)S2(=O)=O)cc1. The number of hydrogen-bond donors (Lipinski definition) is 0. The topological polar surface area (TPSA) is 70.4 Å². The van der Waals surface area contributed by atoms with Crippen LogP contribution in [0.4, 0.5) is 5.69 Å². The molecule has 0 saturated carbocycles. The van der Waals surface area contributed by atoms with Crippen LogP contribution in [0.3, 0.4) is 0 Å². The molecule has 6 heteroatoms. The van der Waals surface area contributed by atoms with Gasteiger partial charge in [0.05, 0.1) is 28.8 Å². The van der Waals surface area contributed by atoms with Crippen molar-refractivity contribution < 1.29 is 13.2 Å². The molecule has 5 nitrogen and oxygen atoms in total. The molecular formula is C19H14N2O3S. The van der Waals surface area contributed by atoms with Gasteiger partial charge in [-0.3, -0.25) is 4.31 Å². The average Bonchev–Trinajstić information content (AvgIpc) is 2.86. The minimum Gasteiger partial charge on any atom is -0.492 e. The first-order chi connectivity index (χ1) is 12.1. The summed E-state index contributed by atoms with van der Waals surface area (Å²) in [5.41, 5.74) is 1.24. The summed E-state index contributed by atoms with van der Waals surface area (Å²) < 4.78 is 32.7. The second kappa shape index (κ2) is 5.80. The lowest BCUT2D eigenvalue weighted by atomic mass is 10.1. The van der Waals surface area contributed by atoms with Crippen molar-refractivity contribution in [3.05, 3.63) is 66.2 Å². The molecule has 0 aromatic heterocycles. The molecule has 0 fully saturated rings. The van der Waals surface area contributed by atoms with Gasteiger partial charge in [-0.15, -0.1) is 0 Å². The van der Waals surface area contributed by atoms with E-state index in [0.717, 1.165) is 10.8 Å². The Hall–Kier alpha value is -3.04. The number of ether oxygens (including phenoxy) is 1. The van der Waals surface area contributed by atoms with Crippen molar-refractivity contribution in [1.29, 1.82) is 5.26 Å². The zero-order valence-electron chi connectivity index (χ0n) is 13.2. The average molecular weight is 350 g/mol. The number of anilines is 1. The van der Waals surface area contributed by atoms with Crippen molar-refractivity contribution in [3.63, 3.8) is 0 Å². The number of nitriles is 1. The lowest BCUT2D eigenvalue weighted by Crippen LogP contribution is -2.31. The summed E-state index contributed by atoms with van der Waals surface area (Å²) in [6.45, 7) is 0.436. The first-order valence-corrected chi connectivity index (χ1v) is 9.23. The molecule has 4 rings (SSSR count). The number of hydrogen-bond acceptors (Lipinski definition) is 4. The van der Waals surface area contributed by atoms with E-state index >= 15 is 0 Å².